The molecule has 0 amide bonds. The van der Waals surface area contributed by atoms with Gasteiger partial charge in [-0.2, -0.15) is 21.8 Å². The number of nitrogens with one attached hydrogen (secondary N) is 2. The molecule has 0 fully saturated rings. The van der Waals surface area contributed by atoms with Crippen molar-refractivity contribution in [2.45, 2.75) is 49.3 Å². The minimum atomic E-state index is -5.01. The van der Waals surface area contributed by atoms with E-state index >= 15 is 0 Å². The second kappa shape index (κ2) is 20.4. The molecule has 58 heavy (non-hydrogen) atoms. The summed E-state index contributed by atoms with van der Waals surface area (Å²) in [6.07, 6.45) is 1.40. The summed E-state index contributed by atoms with van der Waals surface area (Å²) in [6.45, 7) is 4.05. The number of benzene rings is 3. The number of sulfone groups is 1. The maximum Gasteiger partial charge on any atom is 0.296 e. The third kappa shape index (κ3) is 12.9. The smallest absolute Gasteiger partial charge is 0.296 e. The van der Waals surface area contributed by atoms with Gasteiger partial charge in [0.2, 0.25) is 5.96 Å². The topological polar surface area (TPSA) is 235 Å². The lowest BCUT2D eigenvalue weighted by molar-refractivity contribution is 0.413. The SMILES string of the molecule is CCC1=C(Nc2ccc3c(O)c(N(C)Nc4ccc(C)cc4S(=O)(=O)O)c(S(=O)(=O)O)cc3c2)N=C(N(CCCS(=O)CCCl)CCCS(=O)(=O)CCCl)N=C(Cl)C1. The second-order valence-corrected chi connectivity index (χ2v) is 21.2. The number of hydrazine groups is 1. The summed E-state index contributed by atoms with van der Waals surface area (Å²) in [5, 5.41) is 16.3. The van der Waals surface area contributed by atoms with Gasteiger partial charge < -0.3 is 15.3 Å². The number of halogens is 3. The maximum atomic E-state index is 12.8. The molecule has 16 nitrogen and oxygen atoms in total. The van der Waals surface area contributed by atoms with E-state index in [0.29, 0.717) is 48.0 Å². The first kappa shape index (κ1) is 47.5. The van der Waals surface area contributed by atoms with Gasteiger partial charge in [0.05, 0.1) is 17.2 Å². The van der Waals surface area contributed by atoms with Crippen LogP contribution in [0.3, 0.4) is 0 Å². The number of phenolic OH excluding ortho intramolecular Hbond substituents is 1. The van der Waals surface area contributed by atoms with Crippen LogP contribution in [0.15, 0.2) is 73.6 Å². The van der Waals surface area contributed by atoms with Gasteiger partial charge >= 0.3 is 0 Å². The van der Waals surface area contributed by atoms with Gasteiger partial charge in [-0.25, -0.2) is 13.4 Å². The lowest BCUT2D eigenvalue weighted by Gasteiger charge is -2.26. The Morgan fingerprint density at radius 2 is 1.57 bits per heavy atom. The van der Waals surface area contributed by atoms with Crippen molar-refractivity contribution in [3.05, 3.63) is 59.4 Å². The average Bonchev–Trinajstić information content (AvgIpc) is 3.28. The second-order valence-electron chi connectivity index (χ2n) is 13.2. The van der Waals surface area contributed by atoms with E-state index in [1.165, 1.54) is 31.3 Å². The molecule has 5 N–H and O–H groups in total. The highest BCUT2D eigenvalue weighted by atomic mass is 35.5. The summed E-state index contributed by atoms with van der Waals surface area (Å²) in [5.41, 5.74) is 3.77. The largest absolute Gasteiger partial charge is 0.505 e. The van der Waals surface area contributed by atoms with Crippen LogP contribution in [0.4, 0.5) is 17.1 Å². The van der Waals surface area contributed by atoms with Gasteiger partial charge in [-0.15, -0.1) is 23.2 Å². The van der Waals surface area contributed by atoms with Crippen LogP contribution in [0.25, 0.3) is 10.8 Å². The van der Waals surface area contributed by atoms with Crippen molar-refractivity contribution in [3.63, 3.8) is 0 Å². The summed E-state index contributed by atoms with van der Waals surface area (Å²) in [4.78, 5) is 9.94. The fourth-order valence-electron chi connectivity index (χ4n) is 6.03. The molecule has 1 heterocycles. The van der Waals surface area contributed by atoms with Gasteiger partial charge in [0, 0.05) is 71.7 Å². The monoisotopic (exact) mass is 942 g/mol. The van der Waals surface area contributed by atoms with Crippen molar-refractivity contribution in [2.75, 3.05) is 70.7 Å². The number of aryl methyl sites for hydroxylation is 1. The first-order chi connectivity index (χ1) is 27.2. The van der Waals surface area contributed by atoms with E-state index in [-0.39, 0.29) is 70.2 Å². The Morgan fingerprint density at radius 1 is 0.879 bits per heavy atom. The molecule has 1 unspecified atom stereocenters. The highest BCUT2D eigenvalue weighted by molar-refractivity contribution is 7.91. The summed E-state index contributed by atoms with van der Waals surface area (Å²) < 4.78 is 107. The van der Waals surface area contributed by atoms with E-state index in [2.05, 4.69) is 15.7 Å². The van der Waals surface area contributed by atoms with Crippen molar-refractivity contribution in [2.24, 2.45) is 9.98 Å². The zero-order valence-electron chi connectivity index (χ0n) is 31.8. The lowest BCUT2D eigenvalue weighted by Crippen LogP contribution is -2.34. The van der Waals surface area contributed by atoms with E-state index in [0.717, 1.165) is 16.6 Å². The molecule has 0 bridgehead atoms. The molecule has 0 spiro atoms. The van der Waals surface area contributed by atoms with Crippen LogP contribution in [0.1, 0.15) is 38.2 Å². The number of phenols is 1. The highest BCUT2D eigenvalue weighted by Crippen LogP contribution is 2.42. The Balaban J connectivity index is 1.74. The van der Waals surface area contributed by atoms with Crippen LogP contribution in [0.2, 0.25) is 0 Å². The van der Waals surface area contributed by atoms with Crippen LogP contribution < -0.4 is 15.8 Å². The first-order valence-corrected chi connectivity index (χ1v) is 25.4. The minimum absolute atomic E-state index is 0.0277. The lowest BCUT2D eigenvalue weighted by atomic mass is 10.1. The number of hydrogen-bond acceptors (Lipinski definition) is 14. The number of nitrogens with zero attached hydrogens (tertiary/aromatic N) is 4. The molecule has 1 atom stereocenters. The predicted molar refractivity (Wildman–Crippen MR) is 234 cm³/mol. The summed E-state index contributed by atoms with van der Waals surface area (Å²) in [5.74, 6) is 0.572. The van der Waals surface area contributed by atoms with Gasteiger partial charge in [0.25, 0.3) is 20.2 Å². The normalized spacial score (nSPS) is 14.5. The number of allylic oxidation sites excluding steroid dienone is 1. The number of rotatable bonds is 20. The number of hydrogen-bond donors (Lipinski definition) is 5. The third-order valence-electron chi connectivity index (χ3n) is 8.84. The van der Waals surface area contributed by atoms with E-state index in [1.54, 1.807) is 24.0 Å². The molecule has 1 aliphatic heterocycles. The maximum absolute atomic E-state index is 12.8. The minimum Gasteiger partial charge on any atom is -0.505 e. The van der Waals surface area contributed by atoms with Crippen molar-refractivity contribution in [1.29, 1.82) is 0 Å². The third-order valence-corrected chi connectivity index (χ3v) is 14.8. The molecule has 3 aromatic carbocycles. The molecule has 3 aromatic rings. The molecular weight excluding hydrogens is 899 g/mol. The number of guanidine groups is 1. The van der Waals surface area contributed by atoms with Crippen molar-refractivity contribution in [1.82, 2.24) is 4.90 Å². The fourth-order valence-corrected chi connectivity index (χ4v) is 10.8. The van der Waals surface area contributed by atoms with Crippen LogP contribution in [0, 0.1) is 6.92 Å². The Kier molecular flexibility index (Phi) is 16.7. The highest BCUT2D eigenvalue weighted by Gasteiger charge is 2.27. The first-order valence-electron chi connectivity index (χ1n) is 17.8. The van der Waals surface area contributed by atoms with Gasteiger partial charge in [-0.05, 0) is 79.1 Å². The van der Waals surface area contributed by atoms with Crippen LogP contribution >= 0.6 is 34.8 Å². The summed E-state index contributed by atoms with van der Waals surface area (Å²) >= 11 is 18.1. The molecule has 0 saturated carbocycles. The quantitative estimate of drug-likeness (QED) is 0.0499. The van der Waals surface area contributed by atoms with Crippen molar-refractivity contribution < 1.29 is 43.7 Å². The molecule has 0 aromatic heterocycles. The van der Waals surface area contributed by atoms with Gasteiger partial charge in [-0.3, -0.25) is 23.7 Å². The van der Waals surface area contributed by atoms with Crippen LogP contribution in [-0.4, -0.2) is 115 Å². The Morgan fingerprint density at radius 3 is 2.21 bits per heavy atom. The predicted octanol–water partition coefficient (Wildman–Crippen LogP) is 5.96. The van der Waals surface area contributed by atoms with Gasteiger partial charge in [-0.1, -0.05) is 24.6 Å². The number of aliphatic imine (C=N–C) groups is 2. The zero-order valence-corrected chi connectivity index (χ0v) is 37.3. The summed E-state index contributed by atoms with van der Waals surface area (Å²) in [7, 11) is -13.0. The zero-order chi connectivity index (χ0) is 43.0. The Hall–Kier alpha value is -3.21. The van der Waals surface area contributed by atoms with Crippen molar-refractivity contribution >= 4 is 115 Å². The van der Waals surface area contributed by atoms with E-state index in [9.17, 15) is 43.7 Å². The van der Waals surface area contributed by atoms with Gasteiger partial charge in [0.1, 0.15) is 32.2 Å². The standard InChI is InChI=1S/C35H45Cl3N6O10S4/c1-4-24-22-31(38)40-35(44(13-5-15-55(46)16-11-36)14-6-17-56(47,48)18-12-37)41-34(24)39-26-8-9-27-25(20-26)21-30(58(52,53)54)32(33(27)45)43(3)42-28-10-7-23(2)19-29(28)57(49,50)51/h7-10,19-21,39,42,45H,4-6,11-18,22H2,1-3H3,(H,49,50,51)(H,52,53,54). The molecule has 320 valence electrons. The van der Waals surface area contributed by atoms with Gasteiger partial charge in [0.15, 0.2) is 9.84 Å². The van der Waals surface area contributed by atoms with Crippen LogP contribution in [0.5, 0.6) is 5.75 Å². The van der Waals surface area contributed by atoms with E-state index in [1.807, 2.05) is 6.92 Å². The Labute approximate surface area is 356 Å². The Bertz CT molecular complexity index is 2470. The number of alkyl halides is 2. The molecule has 0 saturated heterocycles. The number of aromatic hydroxyl groups is 1. The molecule has 4 rings (SSSR count). The average molecular weight is 944 g/mol. The fraction of sp³-hybridized carbons (Fsp3) is 0.429. The molecule has 1 aliphatic rings. The van der Waals surface area contributed by atoms with Crippen LogP contribution in [-0.2, 0) is 40.9 Å². The van der Waals surface area contributed by atoms with E-state index in [4.69, 9.17) is 39.8 Å². The molecule has 0 aliphatic carbocycles. The molecular formula is C35H45Cl3N6O10S4. The number of anilines is 3. The van der Waals surface area contributed by atoms with Crippen molar-refractivity contribution in [3.8, 4) is 5.75 Å². The van der Waals surface area contributed by atoms with E-state index < -0.39 is 62.1 Å². The molecule has 0 radical (unpaired) electrons. The molecule has 23 heteroatoms. The number of fused-ring (bicyclic) bond motifs is 1. The summed E-state index contributed by atoms with van der Waals surface area (Å²) in [6, 6.07) is 9.84.